The van der Waals surface area contributed by atoms with Gasteiger partial charge in [0.15, 0.2) is 0 Å². The molecule has 6 nitrogen and oxygen atoms in total. The topological polar surface area (TPSA) is 83.3 Å². The fraction of sp³-hybridized carbons (Fsp3) is 0.588. The van der Waals surface area contributed by atoms with Gasteiger partial charge in [-0.25, -0.2) is 9.78 Å². The van der Waals surface area contributed by atoms with Crippen LogP contribution in [0.25, 0.3) is 0 Å². The highest BCUT2D eigenvalue weighted by molar-refractivity contribution is 7.85. The van der Waals surface area contributed by atoms with Crippen LogP contribution in [0, 0.1) is 11.3 Å². The van der Waals surface area contributed by atoms with Crippen LogP contribution >= 0.6 is 0 Å². The van der Waals surface area contributed by atoms with Crippen molar-refractivity contribution < 1.29 is 13.7 Å². The normalized spacial score (nSPS) is 19.4. The van der Waals surface area contributed by atoms with Gasteiger partial charge in [0.25, 0.3) is 0 Å². The van der Waals surface area contributed by atoms with Crippen LogP contribution in [0.5, 0.6) is 0 Å². The zero-order valence-electron chi connectivity index (χ0n) is 14.3. The molecule has 1 amide bonds. The maximum atomic E-state index is 12.6. The fourth-order valence-corrected chi connectivity index (χ4v) is 3.90. The van der Waals surface area contributed by atoms with E-state index in [0.717, 1.165) is 19.3 Å². The third-order valence-corrected chi connectivity index (χ3v) is 5.07. The average Bonchev–Trinajstić information content (AvgIpc) is 2.53. The third kappa shape index (κ3) is 5.03. The Bertz CT molecular complexity index is 664. The number of hydrogen-bond donors (Lipinski definition) is 0. The number of nitriles is 1. The van der Waals surface area contributed by atoms with E-state index in [2.05, 4.69) is 4.98 Å². The second kappa shape index (κ2) is 7.75. The fourth-order valence-electron chi connectivity index (χ4n) is 2.60. The van der Waals surface area contributed by atoms with E-state index < -0.39 is 16.4 Å². The first-order valence-electron chi connectivity index (χ1n) is 8.04. The van der Waals surface area contributed by atoms with Crippen molar-refractivity contribution in [2.45, 2.75) is 56.7 Å². The standard InChI is InChI=1S/C17H23N3O3S/c1-17(2,3)23-16(21)20-9-5-4-6-14(20)12-24(22)15-10-13(11-18)7-8-19-15/h7-8,10,14H,4-6,9,12H2,1-3H3/t14-,24+/m0/s1. The average molecular weight is 349 g/mol. The number of pyridine rings is 1. The van der Waals surface area contributed by atoms with Crippen LogP contribution in [0.2, 0.25) is 0 Å². The molecule has 0 radical (unpaired) electrons. The van der Waals surface area contributed by atoms with Crippen molar-refractivity contribution in [1.82, 2.24) is 9.88 Å². The quantitative estimate of drug-likeness (QED) is 0.838. The van der Waals surface area contributed by atoms with Crippen LogP contribution in [0.4, 0.5) is 4.79 Å². The first-order valence-corrected chi connectivity index (χ1v) is 9.36. The van der Waals surface area contributed by atoms with E-state index in [1.54, 1.807) is 11.0 Å². The molecule has 1 aromatic rings. The molecule has 130 valence electrons. The molecule has 2 rings (SSSR count). The summed E-state index contributed by atoms with van der Waals surface area (Å²) in [5.74, 6) is 0.307. The van der Waals surface area contributed by atoms with E-state index >= 15 is 0 Å². The predicted molar refractivity (Wildman–Crippen MR) is 90.8 cm³/mol. The van der Waals surface area contributed by atoms with Gasteiger partial charge in [-0.15, -0.1) is 0 Å². The number of rotatable bonds is 3. The van der Waals surface area contributed by atoms with E-state index in [1.165, 1.54) is 12.3 Å². The summed E-state index contributed by atoms with van der Waals surface area (Å²) in [5, 5.41) is 9.32. The van der Waals surface area contributed by atoms with Gasteiger partial charge in [-0.3, -0.25) is 4.21 Å². The van der Waals surface area contributed by atoms with Gasteiger partial charge >= 0.3 is 6.09 Å². The van der Waals surface area contributed by atoms with Crippen LogP contribution in [0.3, 0.4) is 0 Å². The Morgan fingerprint density at radius 3 is 2.92 bits per heavy atom. The van der Waals surface area contributed by atoms with Gasteiger partial charge in [-0.05, 0) is 52.2 Å². The lowest BCUT2D eigenvalue weighted by molar-refractivity contribution is 0.0125. The Morgan fingerprint density at radius 1 is 1.50 bits per heavy atom. The van der Waals surface area contributed by atoms with Crippen molar-refractivity contribution in [2.24, 2.45) is 0 Å². The summed E-state index contributed by atoms with van der Waals surface area (Å²) in [4.78, 5) is 18.2. The summed E-state index contributed by atoms with van der Waals surface area (Å²) in [7, 11) is -1.36. The van der Waals surface area contributed by atoms with Crippen LogP contribution in [0.15, 0.2) is 23.4 Å². The summed E-state index contributed by atoms with van der Waals surface area (Å²) in [6.07, 6.45) is 3.83. The van der Waals surface area contributed by atoms with E-state index in [-0.39, 0.29) is 12.1 Å². The van der Waals surface area contributed by atoms with E-state index in [0.29, 0.717) is 22.9 Å². The van der Waals surface area contributed by atoms with E-state index in [4.69, 9.17) is 10.00 Å². The molecule has 0 bridgehead atoms. The molecule has 1 fully saturated rings. The predicted octanol–water partition coefficient (Wildman–Crippen LogP) is 2.85. The second-order valence-electron chi connectivity index (χ2n) is 6.83. The number of amides is 1. The molecule has 24 heavy (non-hydrogen) atoms. The first-order chi connectivity index (χ1) is 11.3. The summed E-state index contributed by atoms with van der Waals surface area (Å²) in [6.45, 7) is 6.11. The monoisotopic (exact) mass is 349 g/mol. The molecule has 0 N–H and O–H groups in total. The minimum atomic E-state index is -1.36. The van der Waals surface area contributed by atoms with Gasteiger partial charge in [0.1, 0.15) is 10.6 Å². The Labute approximate surface area is 145 Å². The molecule has 0 saturated carbocycles. The lowest BCUT2D eigenvalue weighted by Crippen LogP contribution is -2.48. The second-order valence-corrected chi connectivity index (χ2v) is 8.27. The van der Waals surface area contributed by atoms with Gasteiger partial charge in [0.05, 0.1) is 28.2 Å². The van der Waals surface area contributed by atoms with Crippen LogP contribution in [-0.2, 0) is 15.5 Å². The highest BCUT2D eigenvalue weighted by Crippen LogP contribution is 2.22. The van der Waals surface area contributed by atoms with Crippen LogP contribution in [0.1, 0.15) is 45.6 Å². The summed E-state index contributed by atoms with van der Waals surface area (Å²) < 4.78 is 18.1. The van der Waals surface area contributed by atoms with Crippen molar-refractivity contribution in [3.63, 3.8) is 0 Å². The zero-order chi connectivity index (χ0) is 17.7. The van der Waals surface area contributed by atoms with Crippen LogP contribution in [-0.4, -0.2) is 44.1 Å². The third-order valence-electron chi connectivity index (χ3n) is 3.70. The Hall–Kier alpha value is -1.94. The van der Waals surface area contributed by atoms with Gasteiger partial charge in [0, 0.05) is 18.8 Å². The highest BCUT2D eigenvalue weighted by atomic mass is 32.2. The minimum absolute atomic E-state index is 0.137. The molecule has 0 unspecified atom stereocenters. The molecule has 1 aliphatic heterocycles. The van der Waals surface area contributed by atoms with Crippen molar-refractivity contribution in [3.8, 4) is 6.07 Å². The van der Waals surface area contributed by atoms with Crippen molar-refractivity contribution in [3.05, 3.63) is 23.9 Å². The lowest BCUT2D eigenvalue weighted by Gasteiger charge is -2.36. The van der Waals surface area contributed by atoms with Crippen molar-refractivity contribution in [1.29, 1.82) is 5.26 Å². The molecule has 0 spiro atoms. The Kier molecular flexibility index (Phi) is 5.94. The smallest absolute Gasteiger partial charge is 0.410 e. The molecular weight excluding hydrogens is 326 g/mol. The van der Waals surface area contributed by atoms with E-state index in [9.17, 15) is 9.00 Å². The number of ether oxygens (including phenoxy) is 1. The molecule has 0 aliphatic carbocycles. The lowest BCUT2D eigenvalue weighted by atomic mass is 10.0. The SMILES string of the molecule is CC(C)(C)OC(=O)N1CCCC[C@H]1C[S@@](=O)c1cc(C#N)ccn1. The Balaban J connectivity index is 2.09. The maximum absolute atomic E-state index is 12.6. The number of nitrogens with zero attached hydrogens (tertiary/aromatic N) is 3. The molecule has 1 saturated heterocycles. The number of carbonyl (C=O) groups excluding carboxylic acids is 1. The van der Waals surface area contributed by atoms with Gasteiger partial charge < -0.3 is 9.64 Å². The maximum Gasteiger partial charge on any atom is 0.410 e. The number of aromatic nitrogens is 1. The first kappa shape index (κ1) is 18.4. The number of likely N-dealkylation sites (tertiary alicyclic amines) is 1. The van der Waals surface area contributed by atoms with Gasteiger partial charge in [-0.1, -0.05) is 0 Å². The Morgan fingerprint density at radius 2 is 2.25 bits per heavy atom. The summed E-state index contributed by atoms with van der Waals surface area (Å²) >= 11 is 0. The molecule has 1 aliphatic rings. The molecule has 7 heteroatoms. The van der Waals surface area contributed by atoms with Gasteiger partial charge in [0.2, 0.25) is 0 Å². The molecule has 0 aromatic carbocycles. The molecule has 2 atom stereocenters. The molecule has 2 heterocycles. The van der Waals surface area contributed by atoms with Crippen molar-refractivity contribution in [2.75, 3.05) is 12.3 Å². The van der Waals surface area contributed by atoms with Crippen LogP contribution < -0.4 is 0 Å². The highest BCUT2D eigenvalue weighted by Gasteiger charge is 2.31. The summed E-state index contributed by atoms with van der Waals surface area (Å²) in [6, 6.07) is 5.00. The number of carbonyl (C=O) groups is 1. The number of hydrogen-bond acceptors (Lipinski definition) is 5. The van der Waals surface area contributed by atoms with E-state index in [1.807, 2.05) is 26.8 Å². The van der Waals surface area contributed by atoms with Crippen molar-refractivity contribution >= 4 is 16.9 Å². The largest absolute Gasteiger partial charge is 0.444 e. The zero-order valence-corrected chi connectivity index (χ0v) is 15.1. The molecular formula is C17H23N3O3S. The van der Waals surface area contributed by atoms with Gasteiger partial charge in [-0.2, -0.15) is 5.26 Å². The molecule has 1 aromatic heterocycles. The number of piperidine rings is 1. The minimum Gasteiger partial charge on any atom is -0.444 e. The summed E-state index contributed by atoms with van der Waals surface area (Å²) in [5.41, 5.74) is -0.123.